The summed E-state index contributed by atoms with van der Waals surface area (Å²) in [5.41, 5.74) is 3.73. The van der Waals surface area contributed by atoms with Gasteiger partial charge < -0.3 is 5.32 Å². The van der Waals surface area contributed by atoms with E-state index >= 15 is 0 Å². The molecule has 1 rings (SSSR count). The molecule has 0 radical (unpaired) electrons. The average Bonchev–Trinajstić information content (AvgIpc) is 2.20. The van der Waals surface area contributed by atoms with E-state index in [1.54, 1.807) is 0 Å². The second-order valence-electron chi connectivity index (χ2n) is 4.89. The third-order valence-electron chi connectivity index (χ3n) is 2.83. The predicted molar refractivity (Wildman–Crippen MR) is 69.6 cm³/mol. The zero-order valence-corrected chi connectivity index (χ0v) is 11.2. The van der Waals surface area contributed by atoms with Gasteiger partial charge in [0, 0.05) is 6.20 Å². The van der Waals surface area contributed by atoms with Crippen LogP contribution >= 0.6 is 0 Å². The van der Waals surface area contributed by atoms with Gasteiger partial charge in [-0.3, -0.25) is 4.98 Å². The first-order valence-electron chi connectivity index (χ1n) is 6.22. The lowest BCUT2D eigenvalue weighted by Crippen LogP contribution is -2.28. The van der Waals surface area contributed by atoms with Crippen molar-refractivity contribution < 1.29 is 0 Å². The Morgan fingerprint density at radius 3 is 2.50 bits per heavy atom. The zero-order chi connectivity index (χ0) is 12.1. The maximum absolute atomic E-state index is 4.59. The van der Waals surface area contributed by atoms with Gasteiger partial charge in [-0.05, 0) is 43.9 Å². The van der Waals surface area contributed by atoms with Crippen LogP contribution in [0.4, 0.5) is 0 Å². The maximum Gasteiger partial charge on any atom is 0.0605 e. The molecule has 0 bridgehead atoms. The Morgan fingerprint density at radius 1 is 1.31 bits per heavy atom. The second kappa shape index (κ2) is 6.00. The fraction of sp³-hybridized carbons (Fsp3) is 0.643. The second-order valence-corrected chi connectivity index (χ2v) is 4.89. The van der Waals surface area contributed by atoms with Gasteiger partial charge in [0.1, 0.15) is 0 Å². The van der Waals surface area contributed by atoms with Gasteiger partial charge >= 0.3 is 0 Å². The van der Waals surface area contributed by atoms with Crippen LogP contribution in [0.1, 0.15) is 50.1 Å². The van der Waals surface area contributed by atoms with E-state index in [0.29, 0.717) is 12.0 Å². The third kappa shape index (κ3) is 3.31. The van der Waals surface area contributed by atoms with Crippen LogP contribution in [0.15, 0.2) is 12.3 Å². The first kappa shape index (κ1) is 13.2. The van der Waals surface area contributed by atoms with Crippen molar-refractivity contribution in [2.75, 3.05) is 6.54 Å². The largest absolute Gasteiger partial charge is 0.308 e. The molecule has 0 saturated carbocycles. The SMILES string of the molecule is CCCNC(c1ncc(C)cc1C)C(C)C. The van der Waals surface area contributed by atoms with Crippen molar-refractivity contribution in [2.24, 2.45) is 5.92 Å². The van der Waals surface area contributed by atoms with Crippen LogP contribution in [-0.2, 0) is 0 Å². The average molecular weight is 220 g/mol. The van der Waals surface area contributed by atoms with E-state index in [4.69, 9.17) is 0 Å². The van der Waals surface area contributed by atoms with E-state index < -0.39 is 0 Å². The Bertz CT molecular complexity index is 332. The molecule has 0 fully saturated rings. The van der Waals surface area contributed by atoms with Gasteiger partial charge in [0.25, 0.3) is 0 Å². The third-order valence-corrected chi connectivity index (χ3v) is 2.83. The van der Waals surface area contributed by atoms with Crippen molar-refractivity contribution in [1.82, 2.24) is 10.3 Å². The van der Waals surface area contributed by atoms with Gasteiger partial charge in [-0.2, -0.15) is 0 Å². The minimum absolute atomic E-state index is 0.376. The molecule has 1 aromatic rings. The van der Waals surface area contributed by atoms with Gasteiger partial charge in [0.15, 0.2) is 0 Å². The Morgan fingerprint density at radius 2 is 2.00 bits per heavy atom. The first-order chi connectivity index (χ1) is 7.56. The summed E-state index contributed by atoms with van der Waals surface area (Å²) in [6.45, 7) is 12.0. The van der Waals surface area contributed by atoms with Crippen molar-refractivity contribution in [3.8, 4) is 0 Å². The highest BCUT2D eigenvalue weighted by molar-refractivity contribution is 5.25. The Kier molecular flexibility index (Phi) is 4.94. The smallest absolute Gasteiger partial charge is 0.0605 e. The first-order valence-corrected chi connectivity index (χ1v) is 6.22. The molecular formula is C14H24N2. The summed E-state index contributed by atoms with van der Waals surface area (Å²) in [5.74, 6) is 0.570. The molecule has 2 nitrogen and oxygen atoms in total. The molecule has 1 heterocycles. The molecule has 0 saturated heterocycles. The summed E-state index contributed by atoms with van der Waals surface area (Å²) in [6.07, 6.45) is 3.12. The molecule has 1 N–H and O–H groups in total. The van der Waals surface area contributed by atoms with E-state index in [0.717, 1.165) is 13.0 Å². The summed E-state index contributed by atoms with van der Waals surface area (Å²) < 4.78 is 0. The summed E-state index contributed by atoms with van der Waals surface area (Å²) in [4.78, 5) is 4.59. The molecule has 0 aliphatic rings. The molecule has 1 atom stereocenters. The molecule has 0 amide bonds. The molecule has 0 aliphatic heterocycles. The fourth-order valence-corrected chi connectivity index (χ4v) is 2.00. The van der Waals surface area contributed by atoms with E-state index in [-0.39, 0.29) is 0 Å². The number of hydrogen-bond donors (Lipinski definition) is 1. The lowest BCUT2D eigenvalue weighted by Gasteiger charge is -2.23. The van der Waals surface area contributed by atoms with Crippen molar-refractivity contribution in [1.29, 1.82) is 0 Å². The van der Waals surface area contributed by atoms with E-state index in [9.17, 15) is 0 Å². The highest BCUT2D eigenvalue weighted by Crippen LogP contribution is 2.23. The number of pyridine rings is 1. The van der Waals surface area contributed by atoms with Crippen LogP contribution in [-0.4, -0.2) is 11.5 Å². The van der Waals surface area contributed by atoms with Gasteiger partial charge in [0.2, 0.25) is 0 Å². The number of nitrogens with one attached hydrogen (secondary N) is 1. The van der Waals surface area contributed by atoms with Crippen molar-refractivity contribution in [3.05, 3.63) is 29.1 Å². The van der Waals surface area contributed by atoms with Crippen molar-refractivity contribution >= 4 is 0 Å². The van der Waals surface area contributed by atoms with Crippen molar-refractivity contribution in [3.63, 3.8) is 0 Å². The lowest BCUT2D eigenvalue weighted by atomic mass is 9.96. The molecule has 1 aromatic heterocycles. The number of aromatic nitrogens is 1. The molecule has 16 heavy (non-hydrogen) atoms. The van der Waals surface area contributed by atoms with Crippen molar-refractivity contribution in [2.45, 2.75) is 47.1 Å². The number of nitrogens with zero attached hydrogens (tertiary/aromatic N) is 1. The Hall–Kier alpha value is -0.890. The standard InChI is InChI=1S/C14H24N2/c1-6-7-15-13(10(2)3)14-12(5)8-11(4)9-16-14/h8-10,13,15H,6-7H2,1-5H3. The number of aryl methyl sites for hydroxylation is 2. The Labute approximate surface area is 99.5 Å². The van der Waals surface area contributed by atoms with Crippen LogP contribution < -0.4 is 5.32 Å². The van der Waals surface area contributed by atoms with Crippen LogP contribution in [0.3, 0.4) is 0 Å². The summed E-state index contributed by atoms with van der Waals surface area (Å²) >= 11 is 0. The van der Waals surface area contributed by atoms with E-state index in [2.05, 4.69) is 51.0 Å². The Balaban J connectivity index is 2.92. The molecule has 2 heteroatoms. The van der Waals surface area contributed by atoms with Crippen LogP contribution in [0.25, 0.3) is 0 Å². The van der Waals surface area contributed by atoms with Gasteiger partial charge in [-0.1, -0.05) is 26.8 Å². The maximum atomic E-state index is 4.59. The van der Waals surface area contributed by atoms with Gasteiger partial charge in [-0.25, -0.2) is 0 Å². The molecule has 1 unspecified atom stereocenters. The summed E-state index contributed by atoms with van der Waals surface area (Å²) in [6, 6.07) is 2.59. The number of rotatable bonds is 5. The van der Waals surface area contributed by atoms with Crippen LogP contribution in [0, 0.1) is 19.8 Å². The fourth-order valence-electron chi connectivity index (χ4n) is 2.00. The zero-order valence-electron chi connectivity index (χ0n) is 11.2. The summed E-state index contributed by atoms with van der Waals surface area (Å²) in [7, 11) is 0. The minimum atomic E-state index is 0.376. The molecular weight excluding hydrogens is 196 g/mol. The van der Waals surface area contributed by atoms with Crippen LogP contribution in [0.2, 0.25) is 0 Å². The molecule has 90 valence electrons. The molecule has 0 aliphatic carbocycles. The van der Waals surface area contributed by atoms with E-state index in [1.807, 2.05) is 6.20 Å². The highest BCUT2D eigenvalue weighted by atomic mass is 14.9. The highest BCUT2D eigenvalue weighted by Gasteiger charge is 2.17. The lowest BCUT2D eigenvalue weighted by molar-refractivity contribution is 0.402. The van der Waals surface area contributed by atoms with Gasteiger partial charge in [-0.15, -0.1) is 0 Å². The van der Waals surface area contributed by atoms with E-state index in [1.165, 1.54) is 16.8 Å². The number of hydrogen-bond acceptors (Lipinski definition) is 2. The monoisotopic (exact) mass is 220 g/mol. The molecule has 0 aromatic carbocycles. The van der Waals surface area contributed by atoms with Gasteiger partial charge in [0.05, 0.1) is 11.7 Å². The minimum Gasteiger partial charge on any atom is -0.308 e. The topological polar surface area (TPSA) is 24.9 Å². The van der Waals surface area contributed by atoms with Crippen LogP contribution in [0.5, 0.6) is 0 Å². The predicted octanol–water partition coefficient (Wildman–Crippen LogP) is 3.40. The quantitative estimate of drug-likeness (QED) is 0.822. The summed E-state index contributed by atoms with van der Waals surface area (Å²) in [5, 5.41) is 3.58. The molecule has 0 spiro atoms. The normalized spacial score (nSPS) is 13.1.